The summed E-state index contributed by atoms with van der Waals surface area (Å²) in [6.45, 7) is 5.13. The summed E-state index contributed by atoms with van der Waals surface area (Å²) in [5, 5.41) is 32.9. The third-order valence-electron chi connectivity index (χ3n) is 6.15. The van der Waals surface area contributed by atoms with Crippen molar-refractivity contribution in [1.29, 1.82) is 0 Å². The molecule has 1 aliphatic carbocycles. The molecule has 1 atom stereocenters. The average Bonchev–Trinajstić information content (AvgIpc) is 3.22. The van der Waals surface area contributed by atoms with Crippen LogP contribution in [-0.2, 0) is 6.42 Å². The number of aromatic hydroxyl groups is 1. The Bertz CT molecular complexity index is 931. The minimum atomic E-state index is -0.457. The number of likely N-dealkylation sites (tertiary alicyclic amines) is 1. The predicted octanol–water partition coefficient (Wildman–Crippen LogP) is 1.89. The molecule has 0 bridgehead atoms. The summed E-state index contributed by atoms with van der Waals surface area (Å²) in [6.07, 6.45) is 4.66. The first-order valence-electron chi connectivity index (χ1n) is 10.4. The van der Waals surface area contributed by atoms with E-state index in [0.29, 0.717) is 30.2 Å². The third-order valence-corrected chi connectivity index (χ3v) is 6.15. The minimum Gasteiger partial charge on any atom is -0.507 e. The van der Waals surface area contributed by atoms with E-state index in [1.165, 1.54) is 0 Å². The maximum atomic E-state index is 10.6. The Hall–Kier alpha value is -2.45. The van der Waals surface area contributed by atoms with Gasteiger partial charge in [-0.2, -0.15) is 0 Å². The lowest BCUT2D eigenvalue weighted by molar-refractivity contribution is 0.0794. The van der Waals surface area contributed by atoms with Gasteiger partial charge in [0.15, 0.2) is 0 Å². The molecule has 2 fully saturated rings. The van der Waals surface area contributed by atoms with Gasteiger partial charge in [0.1, 0.15) is 17.2 Å². The highest BCUT2D eigenvalue weighted by Crippen LogP contribution is 2.40. The van der Waals surface area contributed by atoms with Crippen molar-refractivity contribution in [3.63, 3.8) is 0 Å². The third kappa shape index (κ3) is 3.74. The number of fused-ring (bicyclic) bond motifs is 1. The Labute approximate surface area is 169 Å². The van der Waals surface area contributed by atoms with Crippen LogP contribution in [0.2, 0.25) is 0 Å². The second kappa shape index (κ2) is 7.11. The standard InChI is InChI=1S/C21H27N5O3/c1-13-18(16-4-5-17-15(19(16)27)6-10-29-17)24-25-20(22-13)23-14-3-2-9-26(11-14)12-21(28)7-8-21/h4-5,14,27-28H,2-3,6-12H2,1H3,(H,22,23,25)/t14-/m1/s1. The smallest absolute Gasteiger partial charge is 0.243 e. The van der Waals surface area contributed by atoms with Crippen LogP contribution in [-0.4, -0.2) is 68.2 Å². The normalized spacial score (nSPS) is 22.8. The summed E-state index contributed by atoms with van der Waals surface area (Å²) in [7, 11) is 0. The molecule has 3 aliphatic rings. The van der Waals surface area contributed by atoms with E-state index >= 15 is 0 Å². The van der Waals surface area contributed by atoms with E-state index in [4.69, 9.17) is 4.74 Å². The van der Waals surface area contributed by atoms with E-state index in [1.807, 2.05) is 19.1 Å². The van der Waals surface area contributed by atoms with Gasteiger partial charge in [0.2, 0.25) is 5.95 Å². The highest BCUT2D eigenvalue weighted by Gasteiger charge is 2.42. The Morgan fingerprint density at radius 3 is 2.97 bits per heavy atom. The van der Waals surface area contributed by atoms with Gasteiger partial charge in [-0.25, -0.2) is 4.98 Å². The number of piperidine rings is 1. The molecule has 29 heavy (non-hydrogen) atoms. The summed E-state index contributed by atoms with van der Waals surface area (Å²) in [6, 6.07) is 3.92. The zero-order valence-corrected chi connectivity index (χ0v) is 16.7. The molecule has 2 aromatic rings. The Kier molecular flexibility index (Phi) is 4.55. The van der Waals surface area contributed by atoms with Gasteiger partial charge in [-0.05, 0) is 51.3 Å². The molecule has 0 spiro atoms. The number of aliphatic hydroxyl groups is 1. The van der Waals surface area contributed by atoms with E-state index in [2.05, 4.69) is 25.4 Å². The summed E-state index contributed by atoms with van der Waals surface area (Å²) in [4.78, 5) is 6.92. The quantitative estimate of drug-likeness (QED) is 0.703. The molecule has 1 saturated carbocycles. The monoisotopic (exact) mass is 397 g/mol. The van der Waals surface area contributed by atoms with Gasteiger partial charge in [-0.3, -0.25) is 4.90 Å². The van der Waals surface area contributed by atoms with Crippen molar-refractivity contribution in [3.8, 4) is 22.8 Å². The van der Waals surface area contributed by atoms with Crippen LogP contribution in [0.5, 0.6) is 11.5 Å². The van der Waals surface area contributed by atoms with Crippen LogP contribution in [0.25, 0.3) is 11.3 Å². The van der Waals surface area contributed by atoms with Crippen molar-refractivity contribution in [1.82, 2.24) is 20.1 Å². The van der Waals surface area contributed by atoms with Gasteiger partial charge < -0.3 is 20.3 Å². The Balaban J connectivity index is 1.30. The first kappa shape index (κ1) is 18.6. The van der Waals surface area contributed by atoms with Crippen LogP contribution in [0.3, 0.4) is 0 Å². The van der Waals surface area contributed by atoms with Crippen LogP contribution in [0.1, 0.15) is 36.9 Å². The number of rotatable bonds is 5. The number of nitrogens with one attached hydrogen (secondary N) is 1. The van der Waals surface area contributed by atoms with Crippen LogP contribution in [0, 0.1) is 6.92 Å². The topological polar surface area (TPSA) is 104 Å². The summed E-state index contributed by atoms with van der Waals surface area (Å²) < 4.78 is 5.51. The maximum absolute atomic E-state index is 10.6. The van der Waals surface area contributed by atoms with Crippen molar-refractivity contribution < 1.29 is 14.9 Å². The molecule has 0 amide bonds. The molecule has 154 valence electrons. The number of phenolic OH excluding ortho intramolecular Hbond substituents is 1. The SMILES string of the molecule is Cc1nc(N[C@@H]2CCCN(CC3(O)CC3)C2)nnc1-c1ccc2c(c1O)CCO2. The predicted molar refractivity (Wildman–Crippen MR) is 108 cm³/mol. The molecule has 0 unspecified atom stereocenters. The lowest BCUT2D eigenvalue weighted by Gasteiger charge is -2.34. The summed E-state index contributed by atoms with van der Waals surface area (Å²) >= 11 is 0. The van der Waals surface area contributed by atoms with Gasteiger partial charge in [0.05, 0.1) is 17.9 Å². The van der Waals surface area contributed by atoms with Crippen molar-refractivity contribution in [3.05, 3.63) is 23.4 Å². The molecule has 8 nitrogen and oxygen atoms in total. The number of benzene rings is 1. The van der Waals surface area contributed by atoms with E-state index in [1.54, 1.807) is 0 Å². The number of hydrogen-bond donors (Lipinski definition) is 3. The number of ether oxygens (including phenoxy) is 1. The highest BCUT2D eigenvalue weighted by molar-refractivity contribution is 5.72. The molecule has 1 saturated heterocycles. The number of anilines is 1. The first-order valence-corrected chi connectivity index (χ1v) is 10.4. The van der Waals surface area contributed by atoms with Crippen LogP contribution < -0.4 is 10.1 Å². The van der Waals surface area contributed by atoms with Gasteiger partial charge in [0, 0.05) is 36.7 Å². The van der Waals surface area contributed by atoms with Crippen molar-refractivity contribution in [2.75, 3.05) is 31.6 Å². The maximum Gasteiger partial charge on any atom is 0.243 e. The zero-order chi connectivity index (χ0) is 20.0. The molecule has 5 rings (SSSR count). The van der Waals surface area contributed by atoms with Crippen molar-refractivity contribution >= 4 is 5.95 Å². The van der Waals surface area contributed by atoms with Crippen LogP contribution in [0.15, 0.2) is 12.1 Å². The fraction of sp³-hybridized carbons (Fsp3) is 0.571. The van der Waals surface area contributed by atoms with E-state index in [9.17, 15) is 10.2 Å². The largest absolute Gasteiger partial charge is 0.507 e. The van der Waals surface area contributed by atoms with E-state index in [0.717, 1.165) is 62.3 Å². The van der Waals surface area contributed by atoms with E-state index in [-0.39, 0.29) is 11.8 Å². The zero-order valence-electron chi connectivity index (χ0n) is 16.7. The Morgan fingerprint density at radius 2 is 2.17 bits per heavy atom. The summed E-state index contributed by atoms with van der Waals surface area (Å²) in [5.41, 5.74) is 2.31. The molecule has 1 aromatic heterocycles. The minimum absolute atomic E-state index is 0.209. The fourth-order valence-electron chi connectivity index (χ4n) is 4.38. The van der Waals surface area contributed by atoms with Gasteiger partial charge in [-0.1, -0.05) is 0 Å². The molecule has 8 heteroatoms. The number of nitrogens with zero attached hydrogens (tertiary/aromatic N) is 4. The fourth-order valence-corrected chi connectivity index (χ4v) is 4.38. The second-order valence-electron chi connectivity index (χ2n) is 8.55. The van der Waals surface area contributed by atoms with Crippen LogP contribution >= 0.6 is 0 Å². The van der Waals surface area contributed by atoms with E-state index < -0.39 is 5.60 Å². The summed E-state index contributed by atoms with van der Waals surface area (Å²) in [5.74, 6) is 1.45. The Morgan fingerprint density at radius 1 is 1.31 bits per heavy atom. The molecular weight excluding hydrogens is 370 g/mol. The number of aryl methyl sites for hydroxylation is 1. The lowest BCUT2D eigenvalue weighted by atomic mass is 10.0. The molecule has 3 heterocycles. The van der Waals surface area contributed by atoms with Gasteiger partial charge >= 0.3 is 0 Å². The number of phenols is 1. The van der Waals surface area contributed by atoms with Crippen LogP contribution in [0.4, 0.5) is 5.95 Å². The van der Waals surface area contributed by atoms with Crippen molar-refractivity contribution in [2.24, 2.45) is 0 Å². The lowest BCUT2D eigenvalue weighted by Crippen LogP contribution is -2.45. The molecular formula is C21H27N5O3. The second-order valence-corrected chi connectivity index (χ2v) is 8.55. The first-order chi connectivity index (χ1) is 14.0. The van der Waals surface area contributed by atoms with Gasteiger partial charge in [0.25, 0.3) is 0 Å². The highest BCUT2D eigenvalue weighted by atomic mass is 16.5. The van der Waals surface area contributed by atoms with Gasteiger partial charge in [-0.15, -0.1) is 10.2 Å². The molecule has 0 radical (unpaired) electrons. The number of β-amino-alcohol motifs (C(OH)–C–C–N with tert-alkyl or cyclic N) is 1. The average molecular weight is 397 g/mol. The number of hydrogen-bond acceptors (Lipinski definition) is 8. The molecule has 2 aliphatic heterocycles. The number of aromatic nitrogens is 3. The molecule has 1 aromatic carbocycles. The van der Waals surface area contributed by atoms with Crippen molar-refractivity contribution in [2.45, 2.75) is 50.7 Å². The molecule has 3 N–H and O–H groups in total.